The largest absolute Gasteiger partial charge is 0.444 e. The van der Waals surface area contributed by atoms with Crippen molar-refractivity contribution in [1.82, 2.24) is 4.90 Å². The second-order valence-electron chi connectivity index (χ2n) is 6.63. The minimum absolute atomic E-state index is 0.103. The van der Waals surface area contributed by atoms with Crippen molar-refractivity contribution in [3.8, 4) is 0 Å². The number of ketones is 1. The van der Waals surface area contributed by atoms with Gasteiger partial charge in [-0.05, 0) is 45.8 Å². The summed E-state index contributed by atoms with van der Waals surface area (Å²) >= 11 is 0. The number of hydrogen-bond donors (Lipinski definition) is 1. The molecular formula is C15H23NO5. The lowest BCUT2D eigenvalue weighted by Crippen LogP contribution is -2.63. The van der Waals surface area contributed by atoms with Crippen LogP contribution in [0, 0.1) is 0 Å². The molecule has 3 unspecified atom stereocenters. The van der Waals surface area contributed by atoms with E-state index >= 15 is 0 Å². The van der Waals surface area contributed by atoms with E-state index in [1.54, 1.807) is 25.7 Å². The van der Waals surface area contributed by atoms with Gasteiger partial charge in [0.2, 0.25) is 0 Å². The molecule has 1 N–H and O–H groups in total. The molecule has 6 heteroatoms. The number of morpholine rings is 1. The predicted molar refractivity (Wildman–Crippen MR) is 75.9 cm³/mol. The molecule has 0 aromatic heterocycles. The van der Waals surface area contributed by atoms with Crippen molar-refractivity contribution in [2.45, 2.75) is 57.9 Å². The van der Waals surface area contributed by atoms with E-state index < -0.39 is 23.8 Å². The zero-order valence-electron chi connectivity index (χ0n) is 13.0. The van der Waals surface area contributed by atoms with Crippen LogP contribution in [0.1, 0.15) is 34.1 Å². The first kappa shape index (κ1) is 16.0. The number of rotatable bonds is 1. The zero-order valence-corrected chi connectivity index (χ0v) is 13.0. The Labute approximate surface area is 124 Å². The summed E-state index contributed by atoms with van der Waals surface area (Å²) in [5.74, 6) is -0.103. The first-order valence-electron chi connectivity index (χ1n) is 7.17. The van der Waals surface area contributed by atoms with Crippen LogP contribution in [0.5, 0.6) is 0 Å². The minimum atomic E-state index is -0.891. The molecule has 2 heterocycles. The van der Waals surface area contributed by atoms with E-state index in [-0.39, 0.29) is 18.4 Å². The lowest BCUT2D eigenvalue weighted by Gasteiger charge is -2.48. The Morgan fingerprint density at radius 1 is 1.38 bits per heavy atom. The lowest BCUT2D eigenvalue weighted by molar-refractivity contribution is -0.113. The van der Waals surface area contributed by atoms with Gasteiger partial charge in [-0.1, -0.05) is 0 Å². The maximum absolute atomic E-state index is 12.4. The van der Waals surface area contributed by atoms with Gasteiger partial charge in [-0.2, -0.15) is 0 Å². The van der Waals surface area contributed by atoms with E-state index in [0.717, 1.165) is 0 Å². The van der Waals surface area contributed by atoms with Crippen LogP contribution in [0.4, 0.5) is 4.79 Å². The van der Waals surface area contributed by atoms with Crippen LogP contribution in [0.25, 0.3) is 0 Å². The number of aliphatic hydroxyl groups excluding tert-OH is 1. The monoisotopic (exact) mass is 297 g/mol. The number of aliphatic hydroxyl groups is 1. The molecule has 2 aliphatic rings. The van der Waals surface area contributed by atoms with E-state index in [2.05, 4.69) is 0 Å². The van der Waals surface area contributed by atoms with Crippen molar-refractivity contribution in [2.75, 3.05) is 13.2 Å². The van der Waals surface area contributed by atoms with Crippen molar-refractivity contribution in [2.24, 2.45) is 0 Å². The lowest BCUT2D eigenvalue weighted by atomic mass is 9.87. The van der Waals surface area contributed by atoms with Crippen LogP contribution in [0.3, 0.4) is 0 Å². The van der Waals surface area contributed by atoms with Crippen molar-refractivity contribution < 1.29 is 24.2 Å². The highest BCUT2D eigenvalue weighted by molar-refractivity contribution is 5.88. The average molecular weight is 297 g/mol. The minimum Gasteiger partial charge on any atom is -0.444 e. The van der Waals surface area contributed by atoms with E-state index in [0.29, 0.717) is 18.6 Å². The fraction of sp³-hybridized carbons (Fsp3) is 0.733. The van der Waals surface area contributed by atoms with Crippen molar-refractivity contribution in [1.29, 1.82) is 0 Å². The fourth-order valence-electron chi connectivity index (χ4n) is 2.80. The van der Waals surface area contributed by atoms with Gasteiger partial charge in [0.05, 0.1) is 31.4 Å². The van der Waals surface area contributed by atoms with Crippen LogP contribution >= 0.6 is 0 Å². The molecule has 118 valence electrons. The van der Waals surface area contributed by atoms with Gasteiger partial charge >= 0.3 is 6.09 Å². The fourth-order valence-corrected chi connectivity index (χ4v) is 2.80. The van der Waals surface area contributed by atoms with Gasteiger partial charge in [-0.15, -0.1) is 0 Å². The Morgan fingerprint density at radius 3 is 2.62 bits per heavy atom. The molecule has 0 aromatic rings. The van der Waals surface area contributed by atoms with Gasteiger partial charge < -0.3 is 14.6 Å². The number of allylic oxidation sites excluding steroid dienone is 1. The highest BCUT2D eigenvalue weighted by Crippen LogP contribution is 2.32. The van der Waals surface area contributed by atoms with Crippen molar-refractivity contribution in [3.63, 3.8) is 0 Å². The second kappa shape index (κ2) is 5.77. The van der Waals surface area contributed by atoms with E-state index in [1.165, 1.54) is 13.0 Å². The third-order valence-electron chi connectivity index (χ3n) is 3.56. The highest BCUT2D eigenvalue weighted by Gasteiger charge is 2.46. The van der Waals surface area contributed by atoms with Crippen LogP contribution < -0.4 is 0 Å². The van der Waals surface area contributed by atoms with Crippen molar-refractivity contribution in [3.05, 3.63) is 11.6 Å². The summed E-state index contributed by atoms with van der Waals surface area (Å²) in [6.07, 6.45) is 0.554. The number of carbonyl (C=O) groups excluding carboxylic acids is 2. The maximum Gasteiger partial charge on any atom is 0.411 e. The van der Waals surface area contributed by atoms with Crippen LogP contribution in [-0.2, 0) is 14.3 Å². The number of hydrogen-bond acceptors (Lipinski definition) is 5. The molecule has 2 saturated heterocycles. The third-order valence-corrected chi connectivity index (χ3v) is 3.56. The summed E-state index contributed by atoms with van der Waals surface area (Å²) < 4.78 is 10.9. The van der Waals surface area contributed by atoms with Gasteiger partial charge in [0, 0.05) is 0 Å². The summed E-state index contributed by atoms with van der Waals surface area (Å²) in [5.41, 5.74) is 0.0766. The molecular weight excluding hydrogens is 274 g/mol. The number of carbonyl (C=O) groups is 2. The Hall–Kier alpha value is -1.40. The quantitative estimate of drug-likeness (QED) is 0.738. The Kier molecular flexibility index (Phi) is 4.39. The van der Waals surface area contributed by atoms with Gasteiger partial charge in [0.25, 0.3) is 0 Å². The Morgan fingerprint density at radius 2 is 2.05 bits per heavy atom. The summed E-state index contributed by atoms with van der Waals surface area (Å²) in [6, 6.07) is -0.703. The summed E-state index contributed by atoms with van der Waals surface area (Å²) in [7, 11) is 0. The molecule has 0 saturated carbocycles. The molecule has 3 atom stereocenters. The standard InChI is InChI=1S/C15H23NO5/c1-9(17)5-10-6-11-7-20-8-12(13(10)18)16(11)14(19)21-15(2,3)4/h5,11-13,18H,6-8H2,1-4H3/b10-5-. The molecule has 1 amide bonds. The number of ether oxygens (including phenoxy) is 2. The molecule has 0 radical (unpaired) electrons. The smallest absolute Gasteiger partial charge is 0.411 e. The molecule has 2 bridgehead atoms. The molecule has 2 rings (SSSR count). The van der Waals surface area contributed by atoms with E-state index in [4.69, 9.17) is 9.47 Å². The van der Waals surface area contributed by atoms with Gasteiger partial charge in [0.15, 0.2) is 5.78 Å². The maximum atomic E-state index is 12.4. The van der Waals surface area contributed by atoms with E-state index in [1.807, 2.05) is 0 Å². The summed E-state index contributed by atoms with van der Waals surface area (Å²) in [5, 5.41) is 10.4. The topological polar surface area (TPSA) is 76.1 Å². The normalized spacial score (nSPS) is 31.2. The third kappa shape index (κ3) is 3.63. The second-order valence-corrected chi connectivity index (χ2v) is 6.63. The highest BCUT2D eigenvalue weighted by atomic mass is 16.6. The molecule has 6 nitrogen and oxygen atoms in total. The predicted octanol–water partition coefficient (Wildman–Crippen LogP) is 1.27. The molecule has 0 aromatic carbocycles. The Bertz CT molecular complexity index is 465. The molecule has 0 aliphatic carbocycles. The van der Waals surface area contributed by atoms with Crippen LogP contribution in [-0.4, -0.2) is 58.9 Å². The SMILES string of the molecule is CC(=O)/C=C1/CC2COCC(C1O)N2C(=O)OC(C)(C)C. The number of piperidine rings is 1. The first-order valence-corrected chi connectivity index (χ1v) is 7.17. The summed E-state index contributed by atoms with van der Waals surface area (Å²) in [6.45, 7) is 7.49. The van der Waals surface area contributed by atoms with Gasteiger partial charge in [0.1, 0.15) is 5.60 Å². The average Bonchev–Trinajstić information content (AvgIpc) is 2.32. The molecule has 21 heavy (non-hydrogen) atoms. The van der Waals surface area contributed by atoms with Crippen LogP contribution in [0.2, 0.25) is 0 Å². The van der Waals surface area contributed by atoms with Gasteiger partial charge in [-0.25, -0.2) is 4.79 Å². The van der Waals surface area contributed by atoms with Crippen molar-refractivity contribution >= 4 is 11.9 Å². The zero-order chi connectivity index (χ0) is 15.8. The number of fused-ring (bicyclic) bond motifs is 2. The first-order chi connectivity index (χ1) is 9.69. The molecule has 2 aliphatic heterocycles. The van der Waals surface area contributed by atoms with Gasteiger partial charge in [-0.3, -0.25) is 9.69 Å². The number of nitrogens with zero attached hydrogens (tertiary/aromatic N) is 1. The molecule has 2 fully saturated rings. The van der Waals surface area contributed by atoms with E-state index in [9.17, 15) is 14.7 Å². The Balaban J connectivity index is 2.22. The number of amides is 1. The summed E-state index contributed by atoms with van der Waals surface area (Å²) in [4.78, 5) is 25.2. The van der Waals surface area contributed by atoms with Crippen LogP contribution in [0.15, 0.2) is 11.6 Å². The molecule has 0 spiro atoms.